The number of carbonyl (C=O) groups is 2. The van der Waals surface area contributed by atoms with Crippen LogP contribution in [-0.2, 0) is 9.59 Å². The zero-order chi connectivity index (χ0) is 19.4. The molecule has 142 valence electrons. The van der Waals surface area contributed by atoms with Crippen LogP contribution >= 0.6 is 0 Å². The molecule has 0 radical (unpaired) electrons. The van der Waals surface area contributed by atoms with Gasteiger partial charge in [-0.15, -0.1) is 0 Å². The summed E-state index contributed by atoms with van der Waals surface area (Å²) in [4.78, 5) is 29.4. The fourth-order valence-electron chi connectivity index (χ4n) is 3.42. The van der Waals surface area contributed by atoms with Crippen LogP contribution in [0.4, 0.5) is 0 Å². The molecule has 1 aliphatic rings. The lowest BCUT2D eigenvalue weighted by Gasteiger charge is -2.29. The smallest absolute Gasteiger partial charge is 0.290 e. The van der Waals surface area contributed by atoms with Gasteiger partial charge in [0.15, 0.2) is 11.5 Å². The molecule has 1 N–H and O–H groups in total. The van der Waals surface area contributed by atoms with Gasteiger partial charge in [0.05, 0.1) is 11.6 Å². The maximum Gasteiger partial charge on any atom is 0.290 e. The highest BCUT2D eigenvalue weighted by Crippen LogP contribution is 2.38. The van der Waals surface area contributed by atoms with Crippen molar-refractivity contribution < 1.29 is 14.7 Å². The van der Waals surface area contributed by atoms with Crippen molar-refractivity contribution in [3.8, 4) is 0 Å². The molecular weight excluding hydrogens is 328 g/mol. The van der Waals surface area contributed by atoms with E-state index in [0.29, 0.717) is 13.1 Å². The van der Waals surface area contributed by atoms with E-state index in [4.69, 9.17) is 0 Å². The van der Waals surface area contributed by atoms with Gasteiger partial charge in [0.2, 0.25) is 0 Å². The topological polar surface area (TPSA) is 60.9 Å². The lowest BCUT2D eigenvalue weighted by Crippen LogP contribution is -2.38. The van der Waals surface area contributed by atoms with E-state index >= 15 is 0 Å². The highest BCUT2D eigenvalue weighted by atomic mass is 16.3. The summed E-state index contributed by atoms with van der Waals surface area (Å²) in [5, 5.41) is 10.5. The zero-order valence-electron chi connectivity index (χ0n) is 16.5. The molecule has 5 nitrogen and oxygen atoms in total. The monoisotopic (exact) mass is 358 g/mol. The Labute approximate surface area is 156 Å². The second kappa shape index (κ2) is 8.49. The molecule has 0 fully saturated rings. The van der Waals surface area contributed by atoms with Crippen molar-refractivity contribution in [1.82, 2.24) is 9.80 Å². The molecule has 5 heteroatoms. The minimum absolute atomic E-state index is 0.173. The average Bonchev–Trinajstić information content (AvgIpc) is 2.86. The fourth-order valence-corrected chi connectivity index (χ4v) is 3.42. The molecule has 2 rings (SSSR count). The Bertz CT molecular complexity index is 705. The second-order valence-electron chi connectivity index (χ2n) is 7.12. The van der Waals surface area contributed by atoms with Crippen LogP contribution in [0.3, 0.4) is 0 Å². The third kappa shape index (κ3) is 3.98. The Hall–Kier alpha value is -2.14. The van der Waals surface area contributed by atoms with E-state index in [1.54, 1.807) is 18.7 Å². The molecule has 1 amide bonds. The van der Waals surface area contributed by atoms with E-state index in [9.17, 15) is 14.7 Å². The first-order valence-corrected chi connectivity index (χ1v) is 9.38. The highest BCUT2D eigenvalue weighted by molar-refractivity contribution is 6.09. The fraction of sp³-hybridized carbons (Fsp3) is 0.524. The van der Waals surface area contributed by atoms with E-state index < -0.39 is 17.7 Å². The maximum absolute atomic E-state index is 12.8. The summed E-state index contributed by atoms with van der Waals surface area (Å²) in [5.41, 5.74) is 2.16. The Kier molecular flexibility index (Phi) is 6.59. The van der Waals surface area contributed by atoms with Gasteiger partial charge < -0.3 is 14.9 Å². The number of hydrogen-bond donors (Lipinski definition) is 1. The third-order valence-corrected chi connectivity index (χ3v) is 5.00. The number of likely N-dealkylation sites (N-methyl/N-ethyl adjacent to an activating group) is 1. The number of aryl methyl sites for hydroxylation is 1. The first-order valence-electron chi connectivity index (χ1n) is 9.38. The molecule has 0 spiro atoms. The van der Waals surface area contributed by atoms with Gasteiger partial charge >= 0.3 is 0 Å². The quantitative estimate of drug-likeness (QED) is 0.775. The van der Waals surface area contributed by atoms with Crippen LogP contribution in [0.5, 0.6) is 0 Å². The summed E-state index contributed by atoms with van der Waals surface area (Å²) in [5.74, 6) is -1.30. The second-order valence-corrected chi connectivity index (χ2v) is 7.12. The molecular formula is C21H30N2O3. The predicted octanol–water partition coefficient (Wildman–Crippen LogP) is 3.26. The Morgan fingerprint density at radius 3 is 2.46 bits per heavy atom. The van der Waals surface area contributed by atoms with Crippen LogP contribution < -0.4 is 0 Å². The predicted molar refractivity (Wildman–Crippen MR) is 103 cm³/mol. The molecule has 0 saturated carbocycles. The molecule has 0 saturated heterocycles. The summed E-state index contributed by atoms with van der Waals surface area (Å²) in [6.07, 6.45) is 0. The summed E-state index contributed by atoms with van der Waals surface area (Å²) in [6, 6.07) is 7.28. The number of hydrogen-bond acceptors (Lipinski definition) is 4. The highest BCUT2D eigenvalue weighted by Gasteiger charge is 2.43. The number of ketones is 1. The van der Waals surface area contributed by atoms with Crippen LogP contribution in [0.1, 0.15) is 44.9 Å². The number of benzene rings is 1. The number of aliphatic hydroxyl groups is 1. The van der Waals surface area contributed by atoms with E-state index in [2.05, 4.69) is 18.7 Å². The van der Waals surface area contributed by atoms with Crippen molar-refractivity contribution in [1.29, 1.82) is 0 Å². The molecule has 0 aromatic heterocycles. The maximum atomic E-state index is 12.8. The van der Waals surface area contributed by atoms with Gasteiger partial charge in [-0.3, -0.25) is 9.59 Å². The number of rotatable bonds is 8. The Morgan fingerprint density at radius 1 is 1.27 bits per heavy atom. The first-order chi connectivity index (χ1) is 12.3. The van der Waals surface area contributed by atoms with Crippen molar-refractivity contribution in [2.24, 2.45) is 5.92 Å². The van der Waals surface area contributed by atoms with Crippen LogP contribution in [0, 0.1) is 12.8 Å². The largest absolute Gasteiger partial charge is 0.503 e. The lowest BCUT2D eigenvalue weighted by molar-refractivity contribution is -0.129. The molecule has 1 heterocycles. The average molecular weight is 358 g/mol. The van der Waals surface area contributed by atoms with E-state index in [1.807, 2.05) is 31.2 Å². The number of aliphatic hydroxyl groups excluding tert-OH is 1. The summed E-state index contributed by atoms with van der Waals surface area (Å²) in [6.45, 7) is 12.7. The van der Waals surface area contributed by atoms with Gasteiger partial charge in [-0.1, -0.05) is 57.5 Å². The third-order valence-electron chi connectivity index (χ3n) is 5.00. The van der Waals surface area contributed by atoms with Crippen molar-refractivity contribution >= 4 is 11.7 Å². The summed E-state index contributed by atoms with van der Waals surface area (Å²) >= 11 is 0. The van der Waals surface area contributed by atoms with Gasteiger partial charge in [-0.05, 0) is 25.6 Å². The van der Waals surface area contributed by atoms with Gasteiger partial charge in [0.25, 0.3) is 5.91 Å². The molecule has 26 heavy (non-hydrogen) atoms. The molecule has 0 aliphatic carbocycles. The first kappa shape index (κ1) is 20.2. The van der Waals surface area contributed by atoms with Crippen molar-refractivity contribution in [2.45, 2.75) is 40.7 Å². The number of nitrogens with zero attached hydrogens (tertiary/aromatic N) is 2. The summed E-state index contributed by atoms with van der Waals surface area (Å²) < 4.78 is 0. The normalized spacial score (nSPS) is 17.7. The molecule has 1 aromatic carbocycles. The molecule has 1 aromatic rings. The number of Topliss-reactive ketones (excluding diaryl/α,β-unsaturated/α-hetero) is 1. The van der Waals surface area contributed by atoms with Crippen LogP contribution in [0.2, 0.25) is 0 Å². The van der Waals surface area contributed by atoms with Crippen molar-refractivity contribution in [2.75, 3.05) is 26.2 Å². The Morgan fingerprint density at radius 2 is 1.92 bits per heavy atom. The van der Waals surface area contributed by atoms with E-state index in [-0.39, 0.29) is 17.3 Å². The Balaban J connectivity index is 2.44. The van der Waals surface area contributed by atoms with Gasteiger partial charge in [0.1, 0.15) is 0 Å². The number of amides is 1. The standard InChI is InChI=1S/C21H30N2O3/c1-6-22(7-2)11-12-23-18(16-10-8-9-15(5)13-16)17(19(24)14(3)4)20(25)21(23)26/h8-10,13-14,18,25H,6-7,11-12H2,1-5H3. The van der Waals surface area contributed by atoms with Crippen LogP contribution in [-0.4, -0.2) is 52.8 Å². The number of carbonyl (C=O) groups excluding carboxylic acids is 2. The lowest BCUT2D eigenvalue weighted by atomic mass is 9.91. The molecule has 1 atom stereocenters. The van der Waals surface area contributed by atoms with Gasteiger partial charge in [-0.2, -0.15) is 0 Å². The van der Waals surface area contributed by atoms with Crippen LogP contribution in [0.25, 0.3) is 0 Å². The zero-order valence-corrected chi connectivity index (χ0v) is 16.5. The minimum atomic E-state index is -0.520. The van der Waals surface area contributed by atoms with Gasteiger partial charge in [-0.25, -0.2) is 0 Å². The minimum Gasteiger partial charge on any atom is -0.503 e. The SMILES string of the molecule is CCN(CC)CCN1C(=O)C(O)=C(C(=O)C(C)C)C1c1cccc(C)c1. The molecule has 1 aliphatic heterocycles. The van der Waals surface area contributed by atoms with E-state index in [1.165, 1.54) is 0 Å². The van der Waals surface area contributed by atoms with Crippen molar-refractivity contribution in [3.05, 3.63) is 46.7 Å². The molecule has 0 bridgehead atoms. The van der Waals surface area contributed by atoms with Gasteiger partial charge in [0, 0.05) is 19.0 Å². The summed E-state index contributed by atoms with van der Waals surface area (Å²) in [7, 11) is 0. The van der Waals surface area contributed by atoms with Crippen molar-refractivity contribution in [3.63, 3.8) is 0 Å². The molecule has 1 unspecified atom stereocenters. The van der Waals surface area contributed by atoms with E-state index in [0.717, 1.165) is 24.2 Å². The van der Waals surface area contributed by atoms with Crippen LogP contribution in [0.15, 0.2) is 35.6 Å².